The largest absolute Gasteiger partial charge is 0.363 e. The molecule has 0 aliphatic rings. The second kappa shape index (κ2) is 11.6. The number of hydrogen-bond donors (Lipinski definition) is 2. The Kier molecular flexibility index (Phi) is 9.17. The predicted octanol–water partition coefficient (Wildman–Crippen LogP) is 1.86. The maximum atomic E-state index is 11.3. The van der Waals surface area contributed by atoms with Gasteiger partial charge in [-0.1, -0.05) is 5.92 Å². The lowest BCUT2D eigenvalue weighted by Crippen LogP contribution is -2.23. The van der Waals surface area contributed by atoms with Crippen molar-refractivity contribution in [1.82, 2.24) is 19.9 Å². The molecule has 0 radical (unpaired) electrons. The van der Waals surface area contributed by atoms with Gasteiger partial charge >= 0.3 is 0 Å². The third-order valence-electron chi connectivity index (χ3n) is 3.43. The molecule has 156 valence electrons. The quantitative estimate of drug-likeness (QED) is 0.260. The molecule has 0 amide bonds. The summed E-state index contributed by atoms with van der Waals surface area (Å²) in [7, 11) is 1.43. The lowest BCUT2D eigenvalue weighted by Gasteiger charge is -2.16. The monoisotopic (exact) mass is 440 g/mol. The topological polar surface area (TPSA) is 123 Å². The van der Waals surface area contributed by atoms with Crippen molar-refractivity contribution >= 4 is 34.5 Å². The van der Waals surface area contributed by atoms with Crippen LogP contribution in [-0.2, 0) is 27.3 Å². The van der Waals surface area contributed by atoms with Crippen LogP contribution in [0.25, 0.3) is 0 Å². The van der Waals surface area contributed by atoms with Gasteiger partial charge in [0.15, 0.2) is 5.82 Å². The summed E-state index contributed by atoms with van der Waals surface area (Å²) in [5, 5.41) is 3.10. The SMILES string of the molecule is CCOC(C#Cc1cnc(Cl)nc1NCc1nccnc1N(C)S(=O)O)OCC. The van der Waals surface area contributed by atoms with Crippen LogP contribution >= 0.6 is 11.6 Å². The lowest BCUT2D eigenvalue weighted by molar-refractivity contribution is -0.0969. The molecular formula is C17H21ClN6O4S. The highest BCUT2D eigenvalue weighted by Gasteiger charge is 2.15. The smallest absolute Gasteiger partial charge is 0.262 e. The average Bonchev–Trinajstić information content (AvgIpc) is 2.71. The highest BCUT2D eigenvalue weighted by Crippen LogP contribution is 2.18. The average molecular weight is 441 g/mol. The standard InChI is InChI=1S/C17H21ClN6O4S/c1-4-27-14(28-5-2)7-6-12-10-22-17(18)23-15(12)21-11-13-16(20-9-8-19-13)24(3)29(25)26/h8-10,14H,4-5,11H2,1-3H3,(H,25,26)(H,21,22,23). The van der Waals surface area contributed by atoms with Crippen molar-refractivity contribution in [3.8, 4) is 11.8 Å². The van der Waals surface area contributed by atoms with Crippen LogP contribution in [0.4, 0.5) is 11.6 Å². The molecule has 2 N–H and O–H groups in total. The highest BCUT2D eigenvalue weighted by atomic mass is 35.5. The van der Waals surface area contributed by atoms with E-state index in [4.69, 9.17) is 21.1 Å². The van der Waals surface area contributed by atoms with Gasteiger partial charge < -0.3 is 14.8 Å². The van der Waals surface area contributed by atoms with Crippen LogP contribution in [0.5, 0.6) is 0 Å². The van der Waals surface area contributed by atoms with Crippen LogP contribution in [0.15, 0.2) is 18.6 Å². The molecule has 0 spiro atoms. The van der Waals surface area contributed by atoms with E-state index in [-0.39, 0.29) is 17.6 Å². The maximum absolute atomic E-state index is 11.3. The van der Waals surface area contributed by atoms with Gasteiger partial charge in [-0.3, -0.25) is 13.8 Å². The summed E-state index contributed by atoms with van der Waals surface area (Å²) < 4.78 is 32.5. The molecule has 0 saturated carbocycles. The number of nitrogens with zero attached hydrogens (tertiary/aromatic N) is 5. The van der Waals surface area contributed by atoms with Gasteiger partial charge in [0, 0.05) is 38.9 Å². The summed E-state index contributed by atoms with van der Waals surface area (Å²) in [4.78, 5) is 16.4. The molecule has 1 unspecified atom stereocenters. The molecule has 0 bridgehead atoms. The van der Waals surface area contributed by atoms with Crippen molar-refractivity contribution in [2.75, 3.05) is 29.9 Å². The Morgan fingerprint density at radius 3 is 2.62 bits per heavy atom. The summed E-state index contributed by atoms with van der Waals surface area (Å²) in [6.07, 6.45) is 3.72. The molecule has 2 aromatic heterocycles. The van der Waals surface area contributed by atoms with Crippen molar-refractivity contribution in [2.45, 2.75) is 26.7 Å². The minimum atomic E-state index is -2.23. The first kappa shape index (κ1) is 22.9. The Morgan fingerprint density at radius 2 is 1.97 bits per heavy atom. The second-order valence-corrected chi connectivity index (χ2v) is 6.67. The number of ether oxygens (including phenoxy) is 2. The van der Waals surface area contributed by atoms with Crippen molar-refractivity contribution in [3.05, 3.63) is 35.1 Å². The fourth-order valence-corrected chi connectivity index (χ4v) is 2.58. The highest BCUT2D eigenvalue weighted by molar-refractivity contribution is 7.80. The number of aromatic nitrogens is 4. The molecular weight excluding hydrogens is 420 g/mol. The van der Waals surface area contributed by atoms with Crippen LogP contribution in [-0.4, -0.2) is 55.2 Å². The van der Waals surface area contributed by atoms with Gasteiger partial charge in [-0.25, -0.2) is 14.2 Å². The summed E-state index contributed by atoms with van der Waals surface area (Å²) in [6, 6.07) is 0. The summed E-state index contributed by atoms with van der Waals surface area (Å²) in [6.45, 7) is 4.77. The predicted molar refractivity (Wildman–Crippen MR) is 109 cm³/mol. The van der Waals surface area contributed by atoms with E-state index in [1.54, 1.807) is 0 Å². The molecule has 10 nitrogen and oxygen atoms in total. The third kappa shape index (κ3) is 6.88. The first-order valence-corrected chi connectivity index (χ1v) is 10.1. The van der Waals surface area contributed by atoms with Gasteiger partial charge in [-0.2, -0.15) is 4.98 Å². The first-order valence-electron chi connectivity index (χ1n) is 8.62. The molecule has 2 rings (SSSR count). The third-order valence-corrected chi connectivity index (χ3v) is 4.25. The van der Waals surface area contributed by atoms with E-state index in [0.29, 0.717) is 30.3 Å². The van der Waals surface area contributed by atoms with E-state index in [9.17, 15) is 8.76 Å². The zero-order valence-corrected chi connectivity index (χ0v) is 17.7. The van der Waals surface area contributed by atoms with E-state index in [1.807, 2.05) is 13.8 Å². The van der Waals surface area contributed by atoms with Crippen molar-refractivity contribution in [1.29, 1.82) is 0 Å². The van der Waals surface area contributed by atoms with Gasteiger partial charge in [-0.05, 0) is 31.4 Å². The van der Waals surface area contributed by atoms with E-state index in [1.165, 1.54) is 25.6 Å². The van der Waals surface area contributed by atoms with E-state index >= 15 is 0 Å². The molecule has 2 aromatic rings. The molecule has 12 heteroatoms. The minimum absolute atomic E-state index is 0.0390. The fraction of sp³-hybridized carbons (Fsp3) is 0.412. The Bertz CT molecular complexity index is 901. The van der Waals surface area contributed by atoms with Gasteiger partial charge in [0.2, 0.25) is 11.6 Å². The molecule has 0 aliphatic heterocycles. The Labute approximate surface area is 176 Å². The van der Waals surface area contributed by atoms with Crippen molar-refractivity contribution in [2.24, 2.45) is 0 Å². The number of nitrogens with one attached hydrogen (secondary N) is 1. The normalized spacial score (nSPS) is 11.7. The summed E-state index contributed by atoms with van der Waals surface area (Å²) in [5.41, 5.74) is 0.913. The van der Waals surface area contributed by atoms with Gasteiger partial charge in [0.25, 0.3) is 11.3 Å². The van der Waals surface area contributed by atoms with Gasteiger partial charge in [0.1, 0.15) is 11.5 Å². The molecule has 0 aromatic carbocycles. The molecule has 0 aliphatic carbocycles. The van der Waals surface area contributed by atoms with E-state index in [0.717, 1.165) is 4.31 Å². The number of hydrogen-bond acceptors (Lipinski definition) is 8. The lowest BCUT2D eigenvalue weighted by atomic mass is 10.3. The Hall–Kier alpha value is -2.36. The minimum Gasteiger partial charge on any atom is -0.363 e. The van der Waals surface area contributed by atoms with E-state index < -0.39 is 17.6 Å². The molecule has 0 fully saturated rings. The maximum Gasteiger partial charge on any atom is 0.262 e. The van der Waals surface area contributed by atoms with Crippen molar-refractivity contribution < 1.29 is 18.2 Å². The zero-order chi connectivity index (χ0) is 21.2. The van der Waals surface area contributed by atoms with Crippen LogP contribution < -0.4 is 9.62 Å². The molecule has 2 heterocycles. The van der Waals surface area contributed by atoms with E-state index in [2.05, 4.69) is 37.1 Å². The van der Waals surface area contributed by atoms with Crippen LogP contribution in [0.1, 0.15) is 25.1 Å². The van der Waals surface area contributed by atoms with Crippen LogP contribution in [0.2, 0.25) is 5.28 Å². The number of anilines is 2. The zero-order valence-electron chi connectivity index (χ0n) is 16.1. The van der Waals surface area contributed by atoms with Gasteiger partial charge in [-0.15, -0.1) is 0 Å². The van der Waals surface area contributed by atoms with Crippen molar-refractivity contribution in [3.63, 3.8) is 0 Å². The molecule has 29 heavy (non-hydrogen) atoms. The second-order valence-electron chi connectivity index (χ2n) is 5.32. The molecule has 1 atom stereocenters. The van der Waals surface area contributed by atoms with Gasteiger partial charge in [0.05, 0.1) is 12.1 Å². The van der Waals surface area contributed by atoms with Crippen LogP contribution in [0.3, 0.4) is 0 Å². The summed E-state index contributed by atoms with van der Waals surface area (Å²) in [5.74, 6) is 6.41. The Balaban J connectivity index is 2.25. The number of rotatable bonds is 9. The Morgan fingerprint density at radius 1 is 1.28 bits per heavy atom. The fourth-order valence-electron chi connectivity index (χ4n) is 2.15. The molecule has 0 saturated heterocycles. The summed E-state index contributed by atoms with van der Waals surface area (Å²) >= 11 is 3.68. The first-order chi connectivity index (χ1) is 14.0. The van der Waals surface area contributed by atoms with Crippen LogP contribution in [0, 0.1) is 11.8 Å². The number of halogens is 1.